The first kappa shape index (κ1) is 14.8. The van der Waals surface area contributed by atoms with E-state index in [-0.39, 0.29) is 0 Å². The second-order valence-corrected chi connectivity index (χ2v) is 7.92. The molecule has 0 aliphatic heterocycles. The van der Waals surface area contributed by atoms with Crippen LogP contribution in [0.2, 0.25) is 0 Å². The third kappa shape index (κ3) is 3.86. The largest absolute Gasteiger partial charge is 0.0809 e. The molecular formula is C17H32. The predicted molar refractivity (Wildman–Crippen MR) is 78.1 cm³/mol. The van der Waals surface area contributed by atoms with Crippen LogP contribution in [0.5, 0.6) is 0 Å². The molecular weight excluding hydrogens is 204 g/mol. The van der Waals surface area contributed by atoms with Gasteiger partial charge in [-0.05, 0) is 35.5 Å². The van der Waals surface area contributed by atoms with E-state index in [4.69, 9.17) is 0 Å². The second-order valence-electron chi connectivity index (χ2n) is 7.92. The number of hydrogen-bond donors (Lipinski definition) is 0. The third-order valence-electron chi connectivity index (χ3n) is 4.24. The maximum absolute atomic E-state index is 2.61. The predicted octanol–water partition coefficient (Wildman–Crippen LogP) is 5.83. The molecule has 0 aromatic rings. The van der Waals surface area contributed by atoms with E-state index in [0.717, 1.165) is 11.8 Å². The van der Waals surface area contributed by atoms with Crippen LogP contribution < -0.4 is 0 Å². The maximum atomic E-state index is 2.61. The van der Waals surface area contributed by atoms with Crippen molar-refractivity contribution in [3.63, 3.8) is 0 Å². The smallest absolute Gasteiger partial charge is 0.0170 e. The van der Waals surface area contributed by atoms with Gasteiger partial charge in [-0.15, -0.1) is 0 Å². The van der Waals surface area contributed by atoms with Crippen molar-refractivity contribution in [1.82, 2.24) is 0 Å². The first-order valence-electron chi connectivity index (χ1n) is 7.38. The minimum Gasteiger partial charge on any atom is -0.0809 e. The second kappa shape index (κ2) is 5.16. The van der Waals surface area contributed by atoms with Gasteiger partial charge in [0.15, 0.2) is 0 Å². The fraction of sp³-hybridized carbons (Fsp3) is 0.882. The number of hydrogen-bond acceptors (Lipinski definition) is 0. The standard InChI is InChI=1S/C17H32/c1-8-9-10-13-11-14(16(2,3)4)12-15(13)17(5,6)7/h12-14H,8-11H2,1-7H3. The lowest BCUT2D eigenvalue weighted by Crippen LogP contribution is -2.18. The van der Waals surface area contributed by atoms with Crippen LogP contribution in [-0.2, 0) is 0 Å². The molecule has 0 saturated heterocycles. The van der Waals surface area contributed by atoms with E-state index in [0.29, 0.717) is 10.8 Å². The van der Waals surface area contributed by atoms with Crippen molar-refractivity contribution in [3.05, 3.63) is 11.6 Å². The normalized spacial score (nSPS) is 26.2. The van der Waals surface area contributed by atoms with E-state index >= 15 is 0 Å². The SMILES string of the molecule is CCCCC1CC(C(C)(C)C)C=C1C(C)(C)C. The number of rotatable bonds is 3. The van der Waals surface area contributed by atoms with Gasteiger partial charge in [0.1, 0.15) is 0 Å². The average Bonchev–Trinajstić information content (AvgIpc) is 2.56. The van der Waals surface area contributed by atoms with Gasteiger partial charge in [-0.25, -0.2) is 0 Å². The first-order chi connectivity index (χ1) is 7.66. The van der Waals surface area contributed by atoms with E-state index in [1.807, 2.05) is 0 Å². The van der Waals surface area contributed by atoms with Crippen LogP contribution in [0.15, 0.2) is 11.6 Å². The summed E-state index contributed by atoms with van der Waals surface area (Å²) in [4.78, 5) is 0. The molecule has 0 bridgehead atoms. The van der Waals surface area contributed by atoms with Crippen LogP contribution in [0.4, 0.5) is 0 Å². The Hall–Kier alpha value is -0.260. The minimum absolute atomic E-state index is 0.360. The molecule has 0 fully saturated rings. The summed E-state index contributed by atoms with van der Waals surface area (Å²) in [6, 6.07) is 0. The Morgan fingerprint density at radius 1 is 1.12 bits per heavy atom. The lowest BCUT2D eigenvalue weighted by atomic mass is 9.77. The Kier molecular flexibility index (Phi) is 4.49. The van der Waals surface area contributed by atoms with Gasteiger partial charge in [-0.3, -0.25) is 0 Å². The van der Waals surface area contributed by atoms with Crippen LogP contribution >= 0.6 is 0 Å². The summed E-state index contributed by atoms with van der Waals surface area (Å²) < 4.78 is 0. The molecule has 1 rings (SSSR count). The Balaban J connectivity index is 2.84. The van der Waals surface area contributed by atoms with Crippen molar-refractivity contribution in [3.8, 4) is 0 Å². The summed E-state index contributed by atoms with van der Waals surface area (Å²) in [6.45, 7) is 16.6. The summed E-state index contributed by atoms with van der Waals surface area (Å²) in [5.41, 5.74) is 2.52. The molecule has 0 saturated carbocycles. The lowest BCUT2D eigenvalue weighted by Gasteiger charge is -2.27. The highest BCUT2D eigenvalue weighted by molar-refractivity contribution is 5.22. The molecule has 0 spiro atoms. The molecule has 0 aromatic carbocycles. The fourth-order valence-corrected chi connectivity index (χ4v) is 3.04. The Morgan fingerprint density at radius 2 is 1.71 bits per heavy atom. The molecule has 1 aliphatic carbocycles. The van der Waals surface area contributed by atoms with Crippen LogP contribution in [0, 0.1) is 22.7 Å². The van der Waals surface area contributed by atoms with Gasteiger partial charge in [-0.2, -0.15) is 0 Å². The molecule has 0 radical (unpaired) electrons. The highest BCUT2D eigenvalue weighted by atomic mass is 14.4. The van der Waals surface area contributed by atoms with Crippen molar-refractivity contribution >= 4 is 0 Å². The van der Waals surface area contributed by atoms with E-state index in [2.05, 4.69) is 54.5 Å². The molecule has 17 heavy (non-hydrogen) atoms. The van der Waals surface area contributed by atoms with Gasteiger partial charge < -0.3 is 0 Å². The van der Waals surface area contributed by atoms with Gasteiger partial charge in [0, 0.05) is 0 Å². The van der Waals surface area contributed by atoms with Crippen molar-refractivity contribution < 1.29 is 0 Å². The molecule has 0 heterocycles. The Labute approximate surface area is 109 Å². The summed E-state index contributed by atoms with van der Waals surface area (Å²) >= 11 is 0. The van der Waals surface area contributed by atoms with Gasteiger partial charge in [0.25, 0.3) is 0 Å². The highest BCUT2D eigenvalue weighted by Crippen LogP contribution is 2.48. The molecule has 0 amide bonds. The quantitative estimate of drug-likeness (QED) is 0.541. The van der Waals surface area contributed by atoms with Gasteiger partial charge in [0.2, 0.25) is 0 Å². The Bertz CT molecular complexity index is 269. The molecule has 100 valence electrons. The molecule has 1 aliphatic rings. The van der Waals surface area contributed by atoms with Crippen LogP contribution in [0.3, 0.4) is 0 Å². The summed E-state index contributed by atoms with van der Waals surface area (Å²) in [7, 11) is 0. The monoisotopic (exact) mass is 236 g/mol. The van der Waals surface area contributed by atoms with Crippen molar-refractivity contribution in [2.75, 3.05) is 0 Å². The van der Waals surface area contributed by atoms with E-state index in [1.165, 1.54) is 25.7 Å². The highest BCUT2D eigenvalue weighted by Gasteiger charge is 2.36. The van der Waals surface area contributed by atoms with E-state index in [1.54, 1.807) is 5.57 Å². The van der Waals surface area contributed by atoms with Gasteiger partial charge in [-0.1, -0.05) is 73.0 Å². The molecule has 2 unspecified atom stereocenters. The lowest BCUT2D eigenvalue weighted by molar-refractivity contribution is 0.264. The van der Waals surface area contributed by atoms with E-state index < -0.39 is 0 Å². The minimum atomic E-state index is 0.360. The fourth-order valence-electron chi connectivity index (χ4n) is 3.04. The molecule has 0 heteroatoms. The maximum Gasteiger partial charge on any atom is -0.0170 e. The van der Waals surface area contributed by atoms with Crippen LogP contribution in [0.1, 0.15) is 74.1 Å². The zero-order valence-electron chi connectivity index (χ0n) is 13.1. The van der Waals surface area contributed by atoms with Crippen LogP contribution in [0.25, 0.3) is 0 Å². The van der Waals surface area contributed by atoms with Crippen molar-refractivity contribution in [1.29, 1.82) is 0 Å². The van der Waals surface area contributed by atoms with E-state index in [9.17, 15) is 0 Å². The average molecular weight is 236 g/mol. The summed E-state index contributed by atoms with van der Waals surface area (Å²) in [6.07, 6.45) is 8.10. The Morgan fingerprint density at radius 3 is 2.12 bits per heavy atom. The van der Waals surface area contributed by atoms with Crippen molar-refractivity contribution in [2.24, 2.45) is 22.7 Å². The zero-order chi connectivity index (χ0) is 13.3. The molecule has 0 aromatic heterocycles. The molecule has 0 nitrogen and oxygen atoms in total. The van der Waals surface area contributed by atoms with Crippen molar-refractivity contribution in [2.45, 2.75) is 74.1 Å². The topological polar surface area (TPSA) is 0 Å². The van der Waals surface area contributed by atoms with Crippen LogP contribution in [-0.4, -0.2) is 0 Å². The summed E-state index contributed by atoms with van der Waals surface area (Å²) in [5, 5.41) is 0. The van der Waals surface area contributed by atoms with Gasteiger partial charge >= 0.3 is 0 Å². The first-order valence-corrected chi connectivity index (χ1v) is 7.38. The number of unbranched alkanes of at least 4 members (excludes halogenated alkanes) is 1. The number of allylic oxidation sites excluding steroid dienone is 2. The third-order valence-corrected chi connectivity index (χ3v) is 4.24. The molecule has 0 N–H and O–H groups in total. The summed E-state index contributed by atoms with van der Waals surface area (Å²) in [5.74, 6) is 1.62. The van der Waals surface area contributed by atoms with Gasteiger partial charge in [0.05, 0.1) is 0 Å². The molecule has 2 atom stereocenters. The zero-order valence-corrected chi connectivity index (χ0v) is 13.1.